The topological polar surface area (TPSA) is 71.2 Å². The summed E-state index contributed by atoms with van der Waals surface area (Å²) in [5, 5.41) is 5.19. The number of carbonyl (C=O) groups is 1. The van der Waals surface area contributed by atoms with E-state index < -0.39 is 0 Å². The van der Waals surface area contributed by atoms with Gasteiger partial charge in [-0.2, -0.15) is 0 Å². The van der Waals surface area contributed by atoms with Gasteiger partial charge >= 0.3 is 0 Å². The molecule has 112 valence electrons. The van der Waals surface area contributed by atoms with Crippen molar-refractivity contribution in [1.82, 2.24) is 15.2 Å². The number of rotatable bonds is 4. The smallest absolute Gasteiger partial charge is 0.270 e. The van der Waals surface area contributed by atoms with E-state index in [1.165, 1.54) is 37.0 Å². The molecule has 0 spiro atoms. The Morgan fingerprint density at radius 2 is 2.05 bits per heavy atom. The molecule has 1 heterocycles. The summed E-state index contributed by atoms with van der Waals surface area (Å²) in [4.78, 5) is 18.4. The van der Waals surface area contributed by atoms with Gasteiger partial charge in [-0.1, -0.05) is 25.7 Å². The molecule has 5 nitrogen and oxygen atoms in total. The Morgan fingerprint density at radius 1 is 1.40 bits per heavy atom. The molecule has 0 aromatic carbocycles. The number of hydrogen-bond donors (Lipinski definition) is 2. The van der Waals surface area contributed by atoms with Crippen molar-refractivity contribution in [2.24, 2.45) is 0 Å². The Bertz CT molecular complexity index is 450. The zero-order chi connectivity index (χ0) is 14.6. The number of likely N-dealkylation sites (N-methyl/N-ethyl adjacent to an activating group) is 1. The van der Waals surface area contributed by atoms with E-state index in [0.29, 0.717) is 17.4 Å². The monoisotopic (exact) mass is 296 g/mol. The minimum Gasteiger partial charge on any atom is -0.375 e. The van der Waals surface area contributed by atoms with Crippen molar-refractivity contribution < 1.29 is 4.79 Å². The summed E-state index contributed by atoms with van der Waals surface area (Å²) in [6.45, 7) is 0.677. The van der Waals surface area contributed by atoms with E-state index in [-0.39, 0.29) is 11.4 Å². The van der Waals surface area contributed by atoms with Crippen LogP contribution in [-0.2, 0) is 0 Å². The second-order valence-electron chi connectivity index (χ2n) is 5.79. The number of thiazole rings is 1. The Labute approximate surface area is 124 Å². The lowest BCUT2D eigenvalue weighted by atomic mass is 9.88. The molecule has 1 amide bonds. The van der Waals surface area contributed by atoms with Gasteiger partial charge < -0.3 is 16.0 Å². The van der Waals surface area contributed by atoms with E-state index in [1.807, 2.05) is 0 Å². The minimum absolute atomic E-state index is 0.0771. The molecule has 0 aliphatic heterocycles. The highest BCUT2D eigenvalue weighted by atomic mass is 32.1. The molecule has 3 N–H and O–H groups in total. The van der Waals surface area contributed by atoms with Crippen LogP contribution in [0, 0.1) is 0 Å². The van der Waals surface area contributed by atoms with E-state index in [2.05, 4.69) is 29.3 Å². The molecule has 0 radical (unpaired) electrons. The zero-order valence-electron chi connectivity index (χ0n) is 12.3. The van der Waals surface area contributed by atoms with Crippen LogP contribution in [0.15, 0.2) is 5.38 Å². The maximum atomic E-state index is 12.1. The standard InChI is InChI=1S/C14H24N4OS/c1-18(2)14(7-5-3-4-6-8-14)10-16-12(19)11-9-20-13(15)17-11/h9H,3-8,10H2,1-2H3,(H2,15,17)(H,16,19). The highest BCUT2D eigenvalue weighted by molar-refractivity contribution is 7.13. The van der Waals surface area contributed by atoms with Crippen LogP contribution >= 0.6 is 11.3 Å². The summed E-state index contributed by atoms with van der Waals surface area (Å²) >= 11 is 1.30. The fourth-order valence-corrected chi connectivity index (χ4v) is 3.44. The third-order valence-electron chi connectivity index (χ3n) is 4.32. The second-order valence-corrected chi connectivity index (χ2v) is 6.68. The second kappa shape index (κ2) is 6.54. The van der Waals surface area contributed by atoms with Gasteiger partial charge in [0.05, 0.1) is 0 Å². The average molecular weight is 296 g/mol. The largest absolute Gasteiger partial charge is 0.375 e. The normalized spacial score (nSPS) is 18.8. The summed E-state index contributed by atoms with van der Waals surface area (Å²) in [6.07, 6.45) is 7.34. The first-order valence-corrected chi connectivity index (χ1v) is 8.08. The van der Waals surface area contributed by atoms with Crippen molar-refractivity contribution in [1.29, 1.82) is 0 Å². The van der Waals surface area contributed by atoms with Crippen LogP contribution in [0.4, 0.5) is 5.13 Å². The Hall–Kier alpha value is -1.14. The summed E-state index contributed by atoms with van der Waals surface area (Å²) in [7, 11) is 4.22. The lowest BCUT2D eigenvalue weighted by Gasteiger charge is -2.39. The van der Waals surface area contributed by atoms with Crippen LogP contribution in [0.2, 0.25) is 0 Å². The summed E-state index contributed by atoms with van der Waals surface area (Å²) in [6, 6.07) is 0. The molecular formula is C14H24N4OS. The van der Waals surface area contributed by atoms with Gasteiger partial charge in [-0.05, 0) is 26.9 Å². The molecule has 1 aromatic rings. The molecular weight excluding hydrogens is 272 g/mol. The summed E-state index contributed by atoms with van der Waals surface area (Å²) < 4.78 is 0. The van der Waals surface area contributed by atoms with Crippen LogP contribution < -0.4 is 11.1 Å². The molecule has 1 fully saturated rings. The van der Waals surface area contributed by atoms with Gasteiger partial charge in [-0.25, -0.2) is 4.98 Å². The fraction of sp³-hybridized carbons (Fsp3) is 0.714. The maximum absolute atomic E-state index is 12.1. The van der Waals surface area contributed by atoms with Crippen molar-refractivity contribution in [3.8, 4) is 0 Å². The average Bonchev–Trinajstić information content (AvgIpc) is 2.71. The van der Waals surface area contributed by atoms with Gasteiger partial charge in [-0.3, -0.25) is 4.79 Å². The first kappa shape index (κ1) is 15.3. The molecule has 0 atom stereocenters. The van der Waals surface area contributed by atoms with Gasteiger partial charge in [0.2, 0.25) is 0 Å². The van der Waals surface area contributed by atoms with Gasteiger partial charge in [-0.15, -0.1) is 11.3 Å². The van der Waals surface area contributed by atoms with E-state index >= 15 is 0 Å². The molecule has 20 heavy (non-hydrogen) atoms. The van der Waals surface area contributed by atoms with Crippen LogP contribution in [-0.4, -0.2) is 42.0 Å². The van der Waals surface area contributed by atoms with Gasteiger partial charge in [0, 0.05) is 17.5 Å². The first-order valence-electron chi connectivity index (χ1n) is 7.20. The predicted octanol–water partition coefficient (Wildman–Crippen LogP) is 2.11. The molecule has 0 unspecified atom stereocenters. The Balaban J connectivity index is 2.00. The van der Waals surface area contributed by atoms with Crippen molar-refractivity contribution in [3.63, 3.8) is 0 Å². The fourth-order valence-electron chi connectivity index (χ4n) is 2.90. The number of carbonyl (C=O) groups excluding carboxylic acids is 1. The molecule has 0 bridgehead atoms. The number of nitrogen functional groups attached to an aromatic ring is 1. The van der Waals surface area contributed by atoms with E-state index in [1.54, 1.807) is 5.38 Å². The van der Waals surface area contributed by atoms with E-state index in [9.17, 15) is 4.79 Å². The van der Waals surface area contributed by atoms with Crippen molar-refractivity contribution in [2.75, 3.05) is 26.4 Å². The number of nitrogens with zero attached hydrogens (tertiary/aromatic N) is 2. The highest BCUT2D eigenvalue weighted by Crippen LogP contribution is 2.30. The van der Waals surface area contributed by atoms with E-state index in [0.717, 1.165) is 12.8 Å². The number of nitrogens with one attached hydrogen (secondary N) is 1. The molecule has 0 saturated heterocycles. The van der Waals surface area contributed by atoms with Crippen molar-refractivity contribution >= 4 is 22.4 Å². The van der Waals surface area contributed by atoms with Crippen LogP contribution in [0.1, 0.15) is 49.0 Å². The summed E-state index contributed by atoms with van der Waals surface area (Å²) in [5.41, 5.74) is 6.07. The van der Waals surface area contributed by atoms with Crippen molar-refractivity contribution in [2.45, 2.75) is 44.1 Å². The maximum Gasteiger partial charge on any atom is 0.270 e. The number of hydrogen-bond acceptors (Lipinski definition) is 5. The Morgan fingerprint density at radius 3 is 2.55 bits per heavy atom. The van der Waals surface area contributed by atoms with E-state index in [4.69, 9.17) is 5.73 Å². The third-order valence-corrected chi connectivity index (χ3v) is 4.99. The lowest BCUT2D eigenvalue weighted by Crippen LogP contribution is -2.52. The highest BCUT2D eigenvalue weighted by Gasteiger charge is 2.33. The summed E-state index contributed by atoms with van der Waals surface area (Å²) in [5.74, 6) is -0.122. The van der Waals surface area contributed by atoms with Crippen LogP contribution in [0.5, 0.6) is 0 Å². The van der Waals surface area contributed by atoms with Gasteiger partial charge in [0.25, 0.3) is 5.91 Å². The lowest BCUT2D eigenvalue weighted by molar-refractivity contribution is 0.0865. The molecule has 1 aromatic heterocycles. The first-order chi connectivity index (χ1) is 9.53. The molecule has 1 aliphatic rings. The quantitative estimate of drug-likeness (QED) is 0.835. The van der Waals surface area contributed by atoms with Crippen LogP contribution in [0.3, 0.4) is 0 Å². The predicted molar refractivity (Wildman–Crippen MR) is 83.0 cm³/mol. The minimum atomic E-state index is -0.122. The number of aromatic nitrogens is 1. The molecule has 1 aliphatic carbocycles. The number of amides is 1. The number of anilines is 1. The molecule has 2 rings (SSSR count). The SMILES string of the molecule is CN(C)C1(CNC(=O)c2csc(N)n2)CCCCCC1. The zero-order valence-corrected chi connectivity index (χ0v) is 13.1. The van der Waals surface area contributed by atoms with Gasteiger partial charge in [0.15, 0.2) is 5.13 Å². The van der Waals surface area contributed by atoms with Crippen molar-refractivity contribution in [3.05, 3.63) is 11.1 Å². The van der Waals surface area contributed by atoms with Crippen LogP contribution in [0.25, 0.3) is 0 Å². The van der Waals surface area contributed by atoms with Gasteiger partial charge in [0.1, 0.15) is 5.69 Å². The third kappa shape index (κ3) is 3.49. The number of nitrogens with two attached hydrogens (primary N) is 1. The molecule has 6 heteroatoms. The Kier molecular flexibility index (Phi) is 4.99. The molecule has 1 saturated carbocycles.